The monoisotopic (exact) mass is 461 g/mol. The Morgan fingerprint density at radius 1 is 1.24 bits per heavy atom. The predicted molar refractivity (Wildman–Crippen MR) is 126 cm³/mol. The van der Waals surface area contributed by atoms with Crippen molar-refractivity contribution >= 4 is 16.9 Å². The number of nitrogens with one attached hydrogen (secondary N) is 1. The second-order valence-electron chi connectivity index (χ2n) is 8.52. The summed E-state index contributed by atoms with van der Waals surface area (Å²) in [5.74, 6) is 0.812. The molecule has 5 rings (SSSR count). The number of aromatic nitrogens is 5. The Bertz CT molecular complexity index is 1320. The number of carbonyl (C=O) groups is 1. The fraction of sp³-hybridized carbons (Fsp3) is 0.360. The first-order chi connectivity index (χ1) is 16.5. The van der Waals surface area contributed by atoms with Gasteiger partial charge in [-0.25, -0.2) is 19.4 Å². The van der Waals surface area contributed by atoms with Crippen LogP contribution in [0.3, 0.4) is 0 Å². The van der Waals surface area contributed by atoms with Gasteiger partial charge in [-0.1, -0.05) is 0 Å². The van der Waals surface area contributed by atoms with Gasteiger partial charge < -0.3 is 19.2 Å². The molecule has 9 heteroatoms. The SMILES string of the molecule is COC(=O)c1cc(-c2ccnc(-c3nn(C4CCCCO4)c4ccc(OC(C)C)cc34)n2)c[nH]1. The Morgan fingerprint density at radius 2 is 2.12 bits per heavy atom. The average molecular weight is 462 g/mol. The zero-order valence-corrected chi connectivity index (χ0v) is 19.4. The molecule has 0 aliphatic carbocycles. The third kappa shape index (κ3) is 4.26. The number of hydrogen-bond acceptors (Lipinski definition) is 7. The molecule has 9 nitrogen and oxygen atoms in total. The lowest BCUT2D eigenvalue weighted by atomic mass is 10.1. The van der Waals surface area contributed by atoms with Gasteiger partial charge in [-0.05, 0) is 63.4 Å². The standard InChI is InChI=1S/C25H27N5O4/c1-15(2)34-17-7-8-21-18(13-17)23(29-30(21)22-6-4-5-11-33-22)24-26-10-9-19(28-24)16-12-20(27-14-16)25(31)32-3/h7-10,12-15,22,27H,4-6,11H2,1-3H3. The van der Waals surface area contributed by atoms with Crippen molar-refractivity contribution in [2.24, 2.45) is 0 Å². The quantitative estimate of drug-likeness (QED) is 0.413. The largest absolute Gasteiger partial charge is 0.491 e. The van der Waals surface area contributed by atoms with Gasteiger partial charge in [-0.2, -0.15) is 5.10 Å². The molecule has 0 bridgehead atoms. The van der Waals surface area contributed by atoms with Gasteiger partial charge >= 0.3 is 5.97 Å². The summed E-state index contributed by atoms with van der Waals surface area (Å²) in [6, 6.07) is 9.46. The molecule has 34 heavy (non-hydrogen) atoms. The van der Waals surface area contributed by atoms with Crippen LogP contribution in [0.25, 0.3) is 33.7 Å². The van der Waals surface area contributed by atoms with Crippen LogP contribution in [-0.2, 0) is 9.47 Å². The highest BCUT2D eigenvalue weighted by Gasteiger charge is 2.23. The minimum absolute atomic E-state index is 0.0507. The molecule has 176 valence electrons. The number of benzene rings is 1. The molecule has 1 atom stereocenters. The molecule has 4 heterocycles. The highest BCUT2D eigenvalue weighted by atomic mass is 16.5. The molecule has 1 aliphatic heterocycles. The molecule has 1 N–H and O–H groups in total. The zero-order valence-electron chi connectivity index (χ0n) is 19.4. The molecular weight excluding hydrogens is 434 g/mol. The molecule has 3 aromatic heterocycles. The number of aromatic amines is 1. The van der Waals surface area contributed by atoms with Gasteiger partial charge in [-0.3, -0.25) is 0 Å². The molecule has 0 amide bonds. The Balaban J connectivity index is 1.60. The van der Waals surface area contributed by atoms with Crippen LogP contribution >= 0.6 is 0 Å². The minimum Gasteiger partial charge on any atom is -0.491 e. The number of rotatable bonds is 6. The van der Waals surface area contributed by atoms with E-state index in [0.29, 0.717) is 22.9 Å². The third-order valence-electron chi connectivity index (χ3n) is 5.73. The Hall–Kier alpha value is -3.72. The summed E-state index contributed by atoms with van der Waals surface area (Å²) in [7, 11) is 1.35. The highest BCUT2D eigenvalue weighted by Crippen LogP contribution is 2.34. The van der Waals surface area contributed by atoms with Crippen LogP contribution in [0.2, 0.25) is 0 Å². The van der Waals surface area contributed by atoms with Crippen molar-refractivity contribution in [2.45, 2.75) is 45.4 Å². The Morgan fingerprint density at radius 3 is 2.88 bits per heavy atom. The lowest BCUT2D eigenvalue weighted by Crippen LogP contribution is -2.19. The lowest BCUT2D eigenvalue weighted by Gasteiger charge is -2.23. The van der Waals surface area contributed by atoms with Gasteiger partial charge in [0.15, 0.2) is 12.1 Å². The van der Waals surface area contributed by atoms with Crippen LogP contribution < -0.4 is 4.74 Å². The Labute approximate surface area is 197 Å². The topological polar surface area (TPSA) is 104 Å². The minimum atomic E-state index is -0.435. The van der Waals surface area contributed by atoms with E-state index in [0.717, 1.165) is 48.1 Å². The number of hydrogen-bond donors (Lipinski definition) is 1. The number of ether oxygens (including phenoxy) is 3. The first-order valence-corrected chi connectivity index (χ1v) is 11.4. The van der Waals surface area contributed by atoms with E-state index in [-0.39, 0.29) is 12.3 Å². The second kappa shape index (κ2) is 9.26. The van der Waals surface area contributed by atoms with Crippen molar-refractivity contribution in [2.75, 3.05) is 13.7 Å². The number of carbonyl (C=O) groups excluding carboxylic acids is 1. The summed E-state index contributed by atoms with van der Waals surface area (Å²) in [6.07, 6.45) is 6.40. The average Bonchev–Trinajstić information content (AvgIpc) is 3.49. The van der Waals surface area contributed by atoms with E-state index in [1.54, 1.807) is 24.5 Å². The lowest BCUT2D eigenvalue weighted by molar-refractivity contribution is -0.0365. The molecule has 1 saturated heterocycles. The first kappa shape index (κ1) is 22.1. The van der Waals surface area contributed by atoms with Crippen LogP contribution in [0.4, 0.5) is 0 Å². The van der Waals surface area contributed by atoms with Gasteiger partial charge in [0.25, 0.3) is 0 Å². The first-order valence-electron chi connectivity index (χ1n) is 11.4. The van der Waals surface area contributed by atoms with Gasteiger partial charge in [0, 0.05) is 30.0 Å². The van der Waals surface area contributed by atoms with Gasteiger partial charge in [0.1, 0.15) is 17.1 Å². The maximum Gasteiger partial charge on any atom is 0.354 e. The van der Waals surface area contributed by atoms with Crippen LogP contribution in [0.5, 0.6) is 5.75 Å². The van der Waals surface area contributed by atoms with Gasteiger partial charge in [-0.15, -0.1) is 0 Å². The van der Waals surface area contributed by atoms with E-state index >= 15 is 0 Å². The van der Waals surface area contributed by atoms with Gasteiger partial charge in [0.2, 0.25) is 0 Å². The van der Waals surface area contributed by atoms with E-state index in [1.165, 1.54) is 7.11 Å². The van der Waals surface area contributed by atoms with E-state index in [1.807, 2.05) is 36.7 Å². The molecule has 1 aliphatic rings. The molecule has 1 aromatic carbocycles. The summed E-state index contributed by atoms with van der Waals surface area (Å²) >= 11 is 0. The van der Waals surface area contributed by atoms with Crippen LogP contribution in [0, 0.1) is 0 Å². The fourth-order valence-electron chi connectivity index (χ4n) is 4.17. The van der Waals surface area contributed by atoms with E-state index in [2.05, 4.69) is 9.97 Å². The number of esters is 1. The fourth-order valence-corrected chi connectivity index (χ4v) is 4.17. The van der Waals surface area contributed by atoms with Crippen molar-refractivity contribution in [3.05, 3.63) is 48.4 Å². The highest BCUT2D eigenvalue weighted by molar-refractivity contribution is 5.93. The number of H-pyrrole nitrogens is 1. The Kier molecular flexibility index (Phi) is 6.02. The molecule has 0 radical (unpaired) electrons. The molecule has 0 saturated carbocycles. The van der Waals surface area contributed by atoms with Crippen molar-refractivity contribution in [1.82, 2.24) is 24.7 Å². The maximum atomic E-state index is 11.8. The number of methoxy groups -OCH3 is 1. The van der Waals surface area contributed by atoms with Crippen molar-refractivity contribution in [1.29, 1.82) is 0 Å². The third-order valence-corrected chi connectivity index (χ3v) is 5.73. The van der Waals surface area contributed by atoms with Crippen LogP contribution in [0.1, 0.15) is 49.8 Å². The molecule has 1 unspecified atom stereocenters. The van der Waals surface area contributed by atoms with Crippen LogP contribution in [-0.4, -0.2) is 50.5 Å². The summed E-state index contributed by atoms with van der Waals surface area (Å²) in [6.45, 7) is 4.71. The second-order valence-corrected chi connectivity index (χ2v) is 8.52. The molecular formula is C25H27N5O4. The van der Waals surface area contributed by atoms with Crippen molar-refractivity contribution in [3.63, 3.8) is 0 Å². The van der Waals surface area contributed by atoms with E-state index in [9.17, 15) is 4.79 Å². The zero-order chi connectivity index (χ0) is 23.7. The van der Waals surface area contributed by atoms with Gasteiger partial charge in [0.05, 0.1) is 24.4 Å². The van der Waals surface area contributed by atoms with Crippen molar-refractivity contribution < 1.29 is 19.0 Å². The summed E-state index contributed by atoms with van der Waals surface area (Å²) < 4.78 is 18.7. The number of fused-ring (bicyclic) bond motifs is 1. The smallest absolute Gasteiger partial charge is 0.354 e. The maximum absolute atomic E-state index is 11.8. The normalized spacial score (nSPS) is 16.2. The summed E-state index contributed by atoms with van der Waals surface area (Å²) in [4.78, 5) is 24.1. The van der Waals surface area contributed by atoms with Crippen molar-refractivity contribution in [3.8, 4) is 28.5 Å². The summed E-state index contributed by atoms with van der Waals surface area (Å²) in [5.41, 5.74) is 3.39. The predicted octanol–water partition coefficient (Wildman–Crippen LogP) is 4.76. The van der Waals surface area contributed by atoms with Crippen LogP contribution in [0.15, 0.2) is 42.7 Å². The molecule has 1 fully saturated rings. The van der Waals surface area contributed by atoms with E-state index in [4.69, 9.17) is 24.3 Å². The summed E-state index contributed by atoms with van der Waals surface area (Å²) in [5, 5.41) is 5.81. The molecule has 0 spiro atoms. The molecule has 4 aromatic rings. The number of nitrogens with zero attached hydrogens (tertiary/aromatic N) is 4. The van der Waals surface area contributed by atoms with E-state index < -0.39 is 5.97 Å².